The lowest BCUT2D eigenvalue weighted by molar-refractivity contribution is 0.131. The van der Waals surface area contributed by atoms with Crippen LogP contribution in [0.4, 0.5) is 10.6 Å². The average molecular weight is 350 g/mol. The molecule has 6 nitrogen and oxygen atoms in total. The smallest absolute Gasteiger partial charge is 0.407 e. The number of hydrogen-bond donors (Lipinski definition) is 1. The normalized spacial score (nSPS) is 14.7. The van der Waals surface area contributed by atoms with E-state index in [0.29, 0.717) is 6.42 Å². The van der Waals surface area contributed by atoms with E-state index in [0.717, 1.165) is 48.6 Å². The van der Waals surface area contributed by atoms with E-state index < -0.39 is 6.09 Å². The van der Waals surface area contributed by atoms with Gasteiger partial charge in [0.1, 0.15) is 5.82 Å². The van der Waals surface area contributed by atoms with Gasteiger partial charge < -0.3 is 14.9 Å². The Morgan fingerprint density at radius 1 is 1.27 bits per heavy atom. The van der Waals surface area contributed by atoms with E-state index >= 15 is 0 Å². The number of piperidine rings is 1. The van der Waals surface area contributed by atoms with Gasteiger partial charge in [-0.1, -0.05) is 30.3 Å². The van der Waals surface area contributed by atoms with Crippen LogP contribution >= 0.6 is 0 Å². The maximum atomic E-state index is 11.1. The van der Waals surface area contributed by atoms with Crippen molar-refractivity contribution < 1.29 is 9.90 Å². The molecule has 6 heteroatoms. The third kappa shape index (κ3) is 3.94. The fourth-order valence-electron chi connectivity index (χ4n) is 3.28. The van der Waals surface area contributed by atoms with E-state index in [2.05, 4.69) is 11.0 Å². The van der Waals surface area contributed by atoms with E-state index in [1.54, 1.807) is 7.05 Å². The molecule has 0 bridgehead atoms. The maximum absolute atomic E-state index is 11.1. The summed E-state index contributed by atoms with van der Waals surface area (Å²) in [6.45, 7) is 1.58. The summed E-state index contributed by atoms with van der Waals surface area (Å²) in [6, 6.07) is 16.1. The van der Waals surface area contributed by atoms with Crippen molar-refractivity contribution in [2.75, 3.05) is 25.0 Å². The number of carboxylic acid groups (broad SMARTS) is 1. The van der Waals surface area contributed by atoms with Crippen molar-refractivity contribution in [1.82, 2.24) is 9.88 Å². The molecule has 1 aliphatic rings. The van der Waals surface area contributed by atoms with Crippen LogP contribution in [0.5, 0.6) is 0 Å². The molecule has 0 radical (unpaired) electrons. The van der Waals surface area contributed by atoms with Crippen molar-refractivity contribution in [3.8, 4) is 17.3 Å². The topological polar surface area (TPSA) is 80.5 Å². The zero-order valence-electron chi connectivity index (χ0n) is 14.8. The second-order valence-electron chi connectivity index (χ2n) is 6.52. The van der Waals surface area contributed by atoms with Crippen LogP contribution in [-0.2, 0) is 6.42 Å². The Bertz CT molecular complexity index is 805. The minimum Gasteiger partial charge on any atom is -0.465 e. The van der Waals surface area contributed by atoms with E-state index in [1.165, 1.54) is 4.90 Å². The van der Waals surface area contributed by atoms with E-state index in [-0.39, 0.29) is 6.04 Å². The molecule has 1 aromatic carbocycles. The lowest BCUT2D eigenvalue weighted by atomic mass is 10.0. The van der Waals surface area contributed by atoms with Crippen molar-refractivity contribution >= 4 is 11.9 Å². The van der Waals surface area contributed by atoms with E-state index in [4.69, 9.17) is 15.4 Å². The van der Waals surface area contributed by atoms with Crippen LogP contribution in [0.2, 0.25) is 0 Å². The van der Waals surface area contributed by atoms with Gasteiger partial charge in [-0.15, -0.1) is 0 Å². The van der Waals surface area contributed by atoms with Gasteiger partial charge in [0.2, 0.25) is 0 Å². The molecule has 0 atom stereocenters. The molecule has 3 rings (SSSR count). The van der Waals surface area contributed by atoms with Crippen molar-refractivity contribution in [2.45, 2.75) is 25.3 Å². The predicted molar refractivity (Wildman–Crippen MR) is 100 cm³/mol. The lowest BCUT2D eigenvalue weighted by Crippen LogP contribution is -2.45. The summed E-state index contributed by atoms with van der Waals surface area (Å²) in [5, 5.41) is 17.9. The largest absolute Gasteiger partial charge is 0.465 e. The molecule has 0 unspecified atom stereocenters. The summed E-state index contributed by atoms with van der Waals surface area (Å²) in [7, 11) is 1.64. The average Bonchev–Trinajstić information content (AvgIpc) is 2.68. The van der Waals surface area contributed by atoms with Crippen LogP contribution < -0.4 is 4.90 Å². The molecule has 0 saturated carbocycles. The highest BCUT2D eigenvalue weighted by atomic mass is 16.4. The zero-order valence-corrected chi connectivity index (χ0v) is 14.8. The van der Waals surface area contributed by atoms with Crippen LogP contribution in [0.15, 0.2) is 42.5 Å². The number of aromatic nitrogens is 1. The van der Waals surface area contributed by atoms with Crippen LogP contribution in [-0.4, -0.2) is 47.3 Å². The number of rotatable bonds is 4. The highest BCUT2D eigenvalue weighted by molar-refractivity contribution is 5.65. The molecule has 134 valence electrons. The monoisotopic (exact) mass is 350 g/mol. The van der Waals surface area contributed by atoms with Gasteiger partial charge in [-0.25, -0.2) is 9.78 Å². The Hall–Kier alpha value is -3.07. The number of nitriles is 1. The Kier molecular flexibility index (Phi) is 5.37. The second-order valence-corrected chi connectivity index (χ2v) is 6.52. The molecule has 1 fully saturated rings. The van der Waals surface area contributed by atoms with Crippen LogP contribution in [0, 0.1) is 11.3 Å². The van der Waals surface area contributed by atoms with Crippen molar-refractivity contribution in [3.63, 3.8) is 0 Å². The Balaban J connectivity index is 1.70. The number of benzene rings is 1. The third-order valence-corrected chi connectivity index (χ3v) is 4.91. The SMILES string of the molecule is CN(C(=O)O)C1CCN(c2cccc(-c3ccc(CC#N)cc3)n2)CC1. The van der Waals surface area contributed by atoms with Gasteiger partial charge in [-0.3, -0.25) is 0 Å². The summed E-state index contributed by atoms with van der Waals surface area (Å²) in [5.74, 6) is 0.917. The maximum Gasteiger partial charge on any atom is 0.407 e. The van der Waals surface area contributed by atoms with Gasteiger partial charge in [0.05, 0.1) is 18.2 Å². The molecule has 1 aromatic heterocycles. The number of nitrogens with zero attached hydrogens (tertiary/aromatic N) is 4. The zero-order chi connectivity index (χ0) is 18.5. The molecule has 26 heavy (non-hydrogen) atoms. The molecule has 2 aromatic rings. The fourth-order valence-corrected chi connectivity index (χ4v) is 3.28. The molecule has 0 spiro atoms. The first-order chi connectivity index (χ1) is 12.6. The fraction of sp³-hybridized carbons (Fsp3) is 0.350. The minimum atomic E-state index is -0.872. The first kappa shape index (κ1) is 17.7. The lowest BCUT2D eigenvalue weighted by Gasteiger charge is -2.36. The van der Waals surface area contributed by atoms with Gasteiger partial charge in [-0.05, 0) is 30.5 Å². The Labute approximate surface area is 153 Å². The highest BCUT2D eigenvalue weighted by Gasteiger charge is 2.25. The van der Waals surface area contributed by atoms with Gasteiger partial charge in [-0.2, -0.15) is 5.26 Å². The quantitative estimate of drug-likeness (QED) is 0.914. The van der Waals surface area contributed by atoms with Crippen molar-refractivity contribution in [1.29, 1.82) is 5.26 Å². The number of carbonyl (C=O) groups is 1. The Morgan fingerprint density at radius 3 is 2.58 bits per heavy atom. The molecule has 1 N–H and O–H groups in total. The van der Waals surface area contributed by atoms with Crippen LogP contribution in [0.25, 0.3) is 11.3 Å². The second kappa shape index (κ2) is 7.87. The predicted octanol–water partition coefficient (Wildman–Crippen LogP) is 3.39. The summed E-state index contributed by atoms with van der Waals surface area (Å²) < 4.78 is 0. The van der Waals surface area contributed by atoms with E-state index in [1.807, 2.05) is 42.5 Å². The Morgan fingerprint density at radius 2 is 1.96 bits per heavy atom. The summed E-state index contributed by atoms with van der Waals surface area (Å²) in [6.07, 6.45) is 1.14. The standard InChI is InChI=1S/C20H22N4O2/c1-23(20(25)26)17-10-13-24(14-11-17)19-4-2-3-18(22-19)16-7-5-15(6-8-16)9-12-21/h2-8,17H,9-11,13-14H2,1H3,(H,25,26). The summed E-state index contributed by atoms with van der Waals surface area (Å²) in [5.41, 5.74) is 2.92. The van der Waals surface area contributed by atoms with Gasteiger partial charge in [0, 0.05) is 31.7 Å². The molecule has 2 heterocycles. The molecule has 1 amide bonds. The molecule has 0 aliphatic carbocycles. The van der Waals surface area contributed by atoms with Crippen LogP contribution in [0.3, 0.4) is 0 Å². The minimum absolute atomic E-state index is 0.0691. The first-order valence-corrected chi connectivity index (χ1v) is 8.72. The van der Waals surface area contributed by atoms with Gasteiger partial charge in [0.15, 0.2) is 0 Å². The summed E-state index contributed by atoms with van der Waals surface area (Å²) in [4.78, 5) is 19.5. The van der Waals surface area contributed by atoms with Crippen LogP contribution in [0.1, 0.15) is 18.4 Å². The molecule has 1 aliphatic heterocycles. The number of pyridine rings is 1. The summed E-state index contributed by atoms with van der Waals surface area (Å²) >= 11 is 0. The number of amides is 1. The third-order valence-electron chi connectivity index (χ3n) is 4.91. The number of hydrogen-bond acceptors (Lipinski definition) is 4. The molecular weight excluding hydrogens is 328 g/mol. The van der Waals surface area contributed by atoms with E-state index in [9.17, 15) is 4.79 Å². The molecule has 1 saturated heterocycles. The van der Waals surface area contributed by atoms with Crippen molar-refractivity contribution in [3.05, 3.63) is 48.0 Å². The van der Waals surface area contributed by atoms with Gasteiger partial charge >= 0.3 is 6.09 Å². The molecular formula is C20H22N4O2. The highest BCUT2D eigenvalue weighted by Crippen LogP contribution is 2.24. The van der Waals surface area contributed by atoms with Crippen molar-refractivity contribution in [2.24, 2.45) is 0 Å². The first-order valence-electron chi connectivity index (χ1n) is 8.72. The van der Waals surface area contributed by atoms with Gasteiger partial charge in [0.25, 0.3) is 0 Å². The number of anilines is 1.